The number of rotatable bonds is 2. The Hall–Kier alpha value is -1.84. The molecule has 1 aromatic carbocycles. The molecule has 0 aromatic heterocycles. The average molecular weight is 231 g/mol. The van der Waals surface area contributed by atoms with Crippen LogP contribution in [0.3, 0.4) is 0 Å². The number of nitrogens with two attached hydrogens (primary N) is 2. The molecule has 0 fully saturated rings. The predicted octanol–water partition coefficient (Wildman–Crippen LogP) is 1.21. The van der Waals surface area contributed by atoms with Crippen LogP contribution in [-0.2, 0) is 11.2 Å². The lowest BCUT2D eigenvalue weighted by molar-refractivity contribution is -0.118. The zero-order valence-corrected chi connectivity index (χ0v) is 9.94. The van der Waals surface area contributed by atoms with Crippen LogP contribution in [-0.4, -0.2) is 11.9 Å². The summed E-state index contributed by atoms with van der Waals surface area (Å²) in [5, 5.41) is 0. The number of guanidine groups is 1. The van der Waals surface area contributed by atoms with E-state index in [9.17, 15) is 4.79 Å². The third-order valence-electron chi connectivity index (χ3n) is 3.30. The lowest BCUT2D eigenvalue weighted by atomic mass is 9.96. The molecule has 1 unspecified atom stereocenters. The molecule has 90 valence electrons. The Morgan fingerprint density at radius 2 is 2.24 bits per heavy atom. The van der Waals surface area contributed by atoms with Crippen molar-refractivity contribution in [1.29, 1.82) is 0 Å². The number of amides is 1. The predicted molar refractivity (Wildman–Crippen MR) is 67.7 cm³/mol. The third-order valence-corrected chi connectivity index (χ3v) is 3.30. The smallest absolute Gasteiger partial charge is 0.249 e. The van der Waals surface area contributed by atoms with Gasteiger partial charge in [0.05, 0.1) is 0 Å². The molecule has 1 amide bonds. The van der Waals surface area contributed by atoms with Crippen LogP contribution < -0.4 is 11.5 Å². The van der Waals surface area contributed by atoms with Crippen LogP contribution in [0.2, 0.25) is 0 Å². The lowest BCUT2D eigenvalue weighted by Gasteiger charge is -2.09. The van der Waals surface area contributed by atoms with Gasteiger partial charge in [-0.2, -0.15) is 4.99 Å². The van der Waals surface area contributed by atoms with E-state index in [1.54, 1.807) is 0 Å². The first-order valence-corrected chi connectivity index (χ1v) is 5.78. The van der Waals surface area contributed by atoms with Gasteiger partial charge >= 0.3 is 0 Å². The maximum atomic E-state index is 11.6. The molecule has 0 radical (unpaired) electrons. The van der Waals surface area contributed by atoms with Crippen LogP contribution in [0, 0.1) is 6.92 Å². The van der Waals surface area contributed by atoms with E-state index in [4.69, 9.17) is 11.5 Å². The maximum absolute atomic E-state index is 11.6. The minimum Gasteiger partial charge on any atom is -0.370 e. The number of nitrogens with zero attached hydrogens (tertiary/aromatic N) is 1. The van der Waals surface area contributed by atoms with Crippen molar-refractivity contribution in [2.75, 3.05) is 0 Å². The van der Waals surface area contributed by atoms with Crippen LogP contribution >= 0.6 is 0 Å². The van der Waals surface area contributed by atoms with E-state index >= 15 is 0 Å². The van der Waals surface area contributed by atoms with E-state index in [0.29, 0.717) is 6.42 Å². The van der Waals surface area contributed by atoms with E-state index < -0.39 is 0 Å². The highest BCUT2D eigenvalue weighted by Gasteiger charge is 2.25. The molecule has 0 spiro atoms. The van der Waals surface area contributed by atoms with Crippen molar-refractivity contribution >= 4 is 11.9 Å². The topological polar surface area (TPSA) is 81.5 Å². The summed E-state index contributed by atoms with van der Waals surface area (Å²) < 4.78 is 0. The van der Waals surface area contributed by atoms with Gasteiger partial charge in [-0.3, -0.25) is 4.79 Å². The van der Waals surface area contributed by atoms with Crippen LogP contribution in [0.1, 0.15) is 35.4 Å². The Bertz CT molecular complexity index is 476. The second-order valence-electron chi connectivity index (χ2n) is 4.51. The molecule has 0 heterocycles. The van der Waals surface area contributed by atoms with Crippen molar-refractivity contribution in [1.82, 2.24) is 0 Å². The van der Waals surface area contributed by atoms with E-state index in [-0.39, 0.29) is 17.8 Å². The monoisotopic (exact) mass is 231 g/mol. The van der Waals surface area contributed by atoms with Gasteiger partial charge in [0.25, 0.3) is 0 Å². The van der Waals surface area contributed by atoms with Crippen LogP contribution in [0.4, 0.5) is 0 Å². The number of fused-ring (bicyclic) bond motifs is 1. The fourth-order valence-corrected chi connectivity index (χ4v) is 2.54. The number of aryl methyl sites for hydroxylation is 1. The van der Waals surface area contributed by atoms with E-state index in [2.05, 4.69) is 24.0 Å². The van der Waals surface area contributed by atoms with Gasteiger partial charge in [0.15, 0.2) is 5.96 Å². The van der Waals surface area contributed by atoms with Crippen molar-refractivity contribution < 1.29 is 4.79 Å². The molecule has 2 rings (SSSR count). The summed E-state index contributed by atoms with van der Waals surface area (Å²) in [6, 6.07) is 6.25. The fraction of sp³-hybridized carbons (Fsp3) is 0.385. The summed E-state index contributed by atoms with van der Waals surface area (Å²) in [4.78, 5) is 15.1. The SMILES string of the molecule is Cc1cccc2c1CCC2CC(=O)N=C(N)N. The molecule has 4 N–H and O–H groups in total. The quantitative estimate of drug-likeness (QED) is 0.593. The van der Waals surface area contributed by atoms with E-state index in [1.165, 1.54) is 16.7 Å². The highest BCUT2D eigenvalue weighted by molar-refractivity contribution is 5.91. The molecular formula is C13H17N3O. The summed E-state index contributed by atoms with van der Waals surface area (Å²) in [6.45, 7) is 2.11. The molecule has 4 heteroatoms. The summed E-state index contributed by atoms with van der Waals surface area (Å²) in [6.07, 6.45) is 2.45. The molecule has 1 aliphatic rings. The molecule has 0 bridgehead atoms. The van der Waals surface area contributed by atoms with Gasteiger partial charge in [-0.1, -0.05) is 18.2 Å². The number of carbonyl (C=O) groups excluding carboxylic acids is 1. The van der Waals surface area contributed by atoms with E-state index in [0.717, 1.165) is 12.8 Å². The first kappa shape index (κ1) is 11.6. The number of aliphatic imine (C=N–C) groups is 1. The standard InChI is InChI=1S/C13H17N3O/c1-8-3-2-4-11-9(5-6-10(8)11)7-12(17)16-13(14)15/h2-4,9H,5-7H2,1H3,(H4,14,15,16,17). The Balaban J connectivity index is 2.15. The zero-order chi connectivity index (χ0) is 12.4. The molecule has 1 atom stereocenters. The first-order valence-electron chi connectivity index (χ1n) is 5.78. The summed E-state index contributed by atoms with van der Waals surface area (Å²) >= 11 is 0. The van der Waals surface area contributed by atoms with Crippen LogP contribution in [0.15, 0.2) is 23.2 Å². The van der Waals surface area contributed by atoms with Crippen molar-refractivity contribution in [2.45, 2.75) is 32.1 Å². The van der Waals surface area contributed by atoms with Gasteiger partial charge in [0.1, 0.15) is 0 Å². The zero-order valence-electron chi connectivity index (χ0n) is 9.94. The van der Waals surface area contributed by atoms with Gasteiger partial charge in [-0.25, -0.2) is 0 Å². The number of benzene rings is 1. The first-order chi connectivity index (χ1) is 8.08. The summed E-state index contributed by atoms with van der Waals surface area (Å²) in [5.41, 5.74) is 14.4. The lowest BCUT2D eigenvalue weighted by Crippen LogP contribution is -2.24. The van der Waals surface area contributed by atoms with Crippen molar-refractivity contribution in [2.24, 2.45) is 16.5 Å². The minimum absolute atomic E-state index is 0.155. The van der Waals surface area contributed by atoms with Gasteiger partial charge in [0.2, 0.25) is 5.91 Å². The largest absolute Gasteiger partial charge is 0.370 e. The molecular weight excluding hydrogens is 214 g/mol. The highest BCUT2D eigenvalue weighted by Crippen LogP contribution is 2.37. The summed E-state index contributed by atoms with van der Waals surface area (Å²) in [5.74, 6) is -0.123. The Kier molecular flexibility index (Phi) is 3.13. The number of hydrogen-bond donors (Lipinski definition) is 2. The Morgan fingerprint density at radius 3 is 2.94 bits per heavy atom. The second-order valence-corrected chi connectivity index (χ2v) is 4.51. The van der Waals surface area contributed by atoms with Crippen molar-refractivity contribution in [3.05, 3.63) is 34.9 Å². The Labute approximate surface area is 101 Å². The fourth-order valence-electron chi connectivity index (χ4n) is 2.54. The molecule has 0 saturated heterocycles. The molecule has 0 aliphatic heterocycles. The van der Waals surface area contributed by atoms with Crippen molar-refractivity contribution in [3.63, 3.8) is 0 Å². The van der Waals surface area contributed by atoms with Gasteiger partial charge < -0.3 is 11.5 Å². The molecule has 17 heavy (non-hydrogen) atoms. The number of hydrogen-bond acceptors (Lipinski definition) is 1. The molecule has 1 aromatic rings. The maximum Gasteiger partial charge on any atom is 0.249 e. The normalized spacial score (nSPS) is 17.6. The summed E-state index contributed by atoms with van der Waals surface area (Å²) in [7, 11) is 0. The Morgan fingerprint density at radius 1 is 1.47 bits per heavy atom. The second kappa shape index (κ2) is 4.57. The van der Waals surface area contributed by atoms with Crippen LogP contribution in [0.25, 0.3) is 0 Å². The minimum atomic E-state index is -0.232. The van der Waals surface area contributed by atoms with Gasteiger partial charge in [-0.05, 0) is 42.4 Å². The highest BCUT2D eigenvalue weighted by atomic mass is 16.1. The molecule has 0 saturated carbocycles. The van der Waals surface area contributed by atoms with E-state index in [1.807, 2.05) is 6.07 Å². The number of carbonyl (C=O) groups is 1. The molecule has 1 aliphatic carbocycles. The van der Waals surface area contributed by atoms with Crippen molar-refractivity contribution in [3.8, 4) is 0 Å². The third kappa shape index (κ3) is 2.46. The van der Waals surface area contributed by atoms with Gasteiger partial charge in [-0.15, -0.1) is 0 Å². The molecule has 4 nitrogen and oxygen atoms in total. The van der Waals surface area contributed by atoms with Crippen LogP contribution in [0.5, 0.6) is 0 Å². The average Bonchev–Trinajstić information content (AvgIpc) is 2.62. The van der Waals surface area contributed by atoms with Gasteiger partial charge in [0, 0.05) is 6.42 Å².